The zero-order valence-corrected chi connectivity index (χ0v) is 10.5. The first-order valence-electron chi connectivity index (χ1n) is 5.29. The molecule has 5 heteroatoms. The summed E-state index contributed by atoms with van der Waals surface area (Å²) in [6.45, 7) is 2.05. The van der Waals surface area contributed by atoms with E-state index in [1.54, 1.807) is 17.5 Å². The van der Waals surface area contributed by atoms with Gasteiger partial charge in [-0.25, -0.2) is 4.98 Å². The molecule has 0 amide bonds. The first-order chi connectivity index (χ1) is 8.16. The van der Waals surface area contributed by atoms with Gasteiger partial charge in [-0.1, -0.05) is 0 Å². The van der Waals surface area contributed by atoms with Crippen LogP contribution in [0.15, 0.2) is 24.5 Å². The number of imidazole rings is 1. The topological polar surface area (TPSA) is 56.7 Å². The summed E-state index contributed by atoms with van der Waals surface area (Å²) in [6, 6.07) is 3.99. The fourth-order valence-electron chi connectivity index (χ4n) is 1.98. The molecule has 3 heterocycles. The Hall–Kier alpha value is -1.88. The van der Waals surface area contributed by atoms with Crippen LogP contribution >= 0.6 is 11.3 Å². The zero-order valence-electron chi connectivity index (χ0n) is 9.64. The minimum Gasteiger partial charge on any atom is -0.390 e. The number of aryl methyl sites for hydroxylation is 2. The number of hydrogen-bond donors (Lipinski definition) is 1. The SMILES string of the molecule is Cc1cc(-c2nc3ccncc3n2C)c(N)s1. The molecule has 0 fully saturated rings. The Morgan fingerprint density at radius 3 is 2.88 bits per heavy atom. The van der Waals surface area contributed by atoms with Gasteiger partial charge < -0.3 is 10.3 Å². The van der Waals surface area contributed by atoms with Crippen molar-refractivity contribution >= 4 is 27.4 Å². The quantitative estimate of drug-likeness (QED) is 0.715. The highest BCUT2D eigenvalue weighted by atomic mass is 32.1. The molecule has 0 aliphatic rings. The van der Waals surface area contributed by atoms with E-state index in [1.165, 1.54) is 4.88 Å². The molecular weight excluding hydrogens is 232 g/mol. The predicted octanol–water partition coefficient (Wildman–Crippen LogP) is 2.59. The average molecular weight is 244 g/mol. The van der Waals surface area contributed by atoms with Crippen molar-refractivity contribution in [2.75, 3.05) is 5.73 Å². The third-order valence-corrected chi connectivity index (χ3v) is 3.69. The molecule has 0 bridgehead atoms. The average Bonchev–Trinajstić information content (AvgIpc) is 2.80. The molecule has 3 aromatic heterocycles. The molecule has 0 aromatic carbocycles. The molecule has 17 heavy (non-hydrogen) atoms. The number of anilines is 1. The summed E-state index contributed by atoms with van der Waals surface area (Å²) >= 11 is 1.59. The van der Waals surface area contributed by atoms with E-state index in [1.807, 2.05) is 23.9 Å². The molecule has 0 saturated carbocycles. The van der Waals surface area contributed by atoms with Gasteiger partial charge in [-0.15, -0.1) is 11.3 Å². The molecular formula is C12H12N4S. The van der Waals surface area contributed by atoms with Crippen molar-refractivity contribution < 1.29 is 0 Å². The van der Waals surface area contributed by atoms with Crippen LogP contribution in [0.1, 0.15) is 4.88 Å². The van der Waals surface area contributed by atoms with Gasteiger partial charge in [0.05, 0.1) is 27.8 Å². The Balaban J connectivity index is 2.31. The molecule has 0 aliphatic carbocycles. The van der Waals surface area contributed by atoms with E-state index >= 15 is 0 Å². The predicted molar refractivity (Wildman–Crippen MR) is 71.0 cm³/mol. The molecule has 3 aromatic rings. The fourth-order valence-corrected chi connectivity index (χ4v) is 2.77. The number of nitrogens with two attached hydrogens (primary N) is 1. The van der Waals surface area contributed by atoms with E-state index in [2.05, 4.69) is 23.0 Å². The molecule has 3 rings (SSSR count). The molecule has 0 unspecified atom stereocenters. The highest BCUT2D eigenvalue weighted by molar-refractivity contribution is 7.16. The van der Waals surface area contributed by atoms with Crippen LogP contribution in [0.5, 0.6) is 0 Å². The maximum absolute atomic E-state index is 6.01. The summed E-state index contributed by atoms with van der Waals surface area (Å²) in [7, 11) is 1.98. The number of aromatic nitrogens is 3. The van der Waals surface area contributed by atoms with Crippen LogP contribution in [0.2, 0.25) is 0 Å². The lowest BCUT2D eigenvalue weighted by atomic mass is 10.3. The maximum Gasteiger partial charge on any atom is 0.143 e. The van der Waals surface area contributed by atoms with Crippen molar-refractivity contribution in [2.45, 2.75) is 6.92 Å². The number of fused-ring (bicyclic) bond motifs is 1. The summed E-state index contributed by atoms with van der Waals surface area (Å²) in [5.41, 5.74) is 8.98. The molecule has 0 radical (unpaired) electrons. The van der Waals surface area contributed by atoms with Gasteiger partial charge in [-0.3, -0.25) is 4.98 Å². The highest BCUT2D eigenvalue weighted by Crippen LogP contribution is 2.33. The lowest BCUT2D eigenvalue weighted by Crippen LogP contribution is -1.93. The number of pyridine rings is 1. The van der Waals surface area contributed by atoms with Gasteiger partial charge >= 0.3 is 0 Å². The molecule has 4 nitrogen and oxygen atoms in total. The minimum absolute atomic E-state index is 0.814. The second-order valence-electron chi connectivity index (χ2n) is 3.99. The van der Waals surface area contributed by atoms with Gasteiger partial charge in [0.15, 0.2) is 0 Å². The first-order valence-corrected chi connectivity index (χ1v) is 6.11. The molecule has 0 saturated heterocycles. The van der Waals surface area contributed by atoms with Crippen LogP contribution in [0, 0.1) is 6.92 Å². The van der Waals surface area contributed by atoms with Gasteiger partial charge in [0, 0.05) is 18.1 Å². The second-order valence-corrected chi connectivity index (χ2v) is 5.28. The van der Waals surface area contributed by atoms with Crippen LogP contribution in [0.4, 0.5) is 5.00 Å². The number of hydrogen-bond acceptors (Lipinski definition) is 4. The lowest BCUT2D eigenvalue weighted by molar-refractivity contribution is 0.957. The van der Waals surface area contributed by atoms with Gasteiger partial charge in [0.1, 0.15) is 5.82 Å². The van der Waals surface area contributed by atoms with Crippen LogP contribution < -0.4 is 5.73 Å². The van der Waals surface area contributed by atoms with Crippen LogP contribution in [-0.4, -0.2) is 14.5 Å². The number of rotatable bonds is 1. The Bertz CT molecular complexity index is 696. The van der Waals surface area contributed by atoms with Gasteiger partial charge in [-0.05, 0) is 19.1 Å². The molecule has 86 valence electrons. The Kier molecular flexibility index (Phi) is 2.16. The monoisotopic (exact) mass is 244 g/mol. The van der Waals surface area contributed by atoms with Crippen molar-refractivity contribution in [2.24, 2.45) is 7.05 Å². The third kappa shape index (κ3) is 1.51. The largest absolute Gasteiger partial charge is 0.390 e. The Morgan fingerprint density at radius 2 is 2.24 bits per heavy atom. The normalized spacial score (nSPS) is 11.2. The highest BCUT2D eigenvalue weighted by Gasteiger charge is 2.14. The van der Waals surface area contributed by atoms with E-state index < -0.39 is 0 Å². The second kappa shape index (κ2) is 3.56. The zero-order chi connectivity index (χ0) is 12.0. The van der Waals surface area contributed by atoms with E-state index in [9.17, 15) is 0 Å². The first kappa shape index (κ1) is 10.3. The summed E-state index contributed by atoms with van der Waals surface area (Å²) < 4.78 is 2.03. The van der Waals surface area contributed by atoms with Crippen molar-refractivity contribution in [3.05, 3.63) is 29.4 Å². The van der Waals surface area contributed by atoms with Crippen molar-refractivity contribution in [3.63, 3.8) is 0 Å². The van der Waals surface area contributed by atoms with Crippen LogP contribution in [0.3, 0.4) is 0 Å². The molecule has 2 N–H and O–H groups in total. The van der Waals surface area contributed by atoms with Gasteiger partial charge in [0.25, 0.3) is 0 Å². The van der Waals surface area contributed by atoms with E-state index in [-0.39, 0.29) is 0 Å². The Morgan fingerprint density at radius 1 is 1.41 bits per heavy atom. The number of thiophene rings is 1. The standard InChI is InChI=1S/C12H12N4S/c1-7-5-8(11(13)17-7)12-15-9-3-4-14-6-10(9)16(12)2/h3-6H,13H2,1-2H3. The van der Waals surface area contributed by atoms with E-state index in [0.29, 0.717) is 0 Å². The molecule has 0 aliphatic heterocycles. The summed E-state index contributed by atoms with van der Waals surface area (Å²) in [5, 5.41) is 0.814. The van der Waals surface area contributed by atoms with Gasteiger partial charge in [0.2, 0.25) is 0 Å². The lowest BCUT2D eigenvalue weighted by Gasteiger charge is -2.00. The minimum atomic E-state index is 0.814. The smallest absolute Gasteiger partial charge is 0.143 e. The third-order valence-electron chi connectivity index (χ3n) is 2.81. The summed E-state index contributed by atoms with van der Waals surface area (Å²) in [4.78, 5) is 9.92. The van der Waals surface area contributed by atoms with Gasteiger partial charge in [-0.2, -0.15) is 0 Å². The summed E-state index contributed by atoms with van der Waals surface area (Å²) in [5.74, 6) is 0.898. The van der Waals surface area contributed by atoms with Crippen molar-refractivity contribution in [3.8, 4) is 11.4 Å². The fraction of sp³-hybridized carbons (Fsp3) is 0.167. The van der Waals surface area contributed by atoms with Crippen LogP contribution in [-0.2, 0) is 7.05 Å². The van der Waals surface area contributed by atoms with Crippen molar-refractivity contribution in [1.82, 2.24) is 14.5 Å². The van der Waals surface area contributed by atoms with E-state index in [0.717, 1.165) is 27.4 Å². The Labute approximate surface area is 103 Å². The van der Waals surface area contributed by atoms with E-state index in [4.69, 9.17) is 5.73 Å². The number of nitrogen functional groups attached to an aromatic ring is 1. The molecule has 0 spiro atoms. The van der Waals surface area contributed by atoms with Crippen molar-refractivity contribution in [1.29, 1.82) is 0 Å². The maximum atomic E-state index is 6.01. The van der Waals surface area contributed by atoms with Crippen LogP contribution in [0.25, 0.3) is 22.4 Å². The number of nitrogens with zero attached hydrogens (tertiary/aromatic N) is 3. The molecule has 0 atom stereocenters. The summed E-state index contributed by atoms with van der Waals surface area (Å²) in [6.07, 6.45) is 3.57.